The molecule has 0 aliphatic heterocycles. The van der Waals surface area contributed by atoms with E-state index in [9.17, 15) is 0 Å². The minimum absolute atomic E-state index is 0.835. The van der Waals surface area contributed by atoms with Gasteiger partial charge in [0.15, 0.2) is 0 Å². The third kappa shape index (κ3) is 5.04. The van der Waals surface area contributed by atoms with Crippen molar-refractivity contribution in [1.82, 2.24) is 0 Å². The normalized spacial score (nSPS) is 11.1. The second kappa shape index (κ2) is 9.47. The highest BCUT2D eigenvalue weighted by Gasteiger charge is 2.01. The maximum absolute atomic E-state index is 5.57. The van der Waals surface area contributed by atoms with Crippen molar-refractivity contribution in [2.45, 2.75) is 0 Å². The average Bonchev–Trinajstić information content (AvgIpc) is 2.77. The van der Waals surface area contributed by atoms with Crippen molar-refractivity contribution in [3.63, 3.8) is 0 Å². The van der Waals surface area contributed by atoms with Crippen molar-refractivity contribution in [2.24, 2.45) is 0 Å². The highest BCUT2D eigenvalue weighted by molar-refractivity contribution is 5.76. The average molecular weight is 372 g/mol. The standard InChI is InChI=1S/C25H24O3/c1-26-23-14-8-19(9-15-23)4-5-21-7-13-22(25(18-21)28-3)12-6-20-10-16-24(27-2)17-11-20/h4-18H,1-3H3. The molecule has 0 aromatic heterocycles. The van der Waals surface area contributed by atoms with Crippen LogP contribution in [-0.2, 0) is 0 Å². The van der Waals surface area contributed by atoms with Crippen LogP contribution < -0.4 is 14.2 Å². The fraction of sp³-hybridized carbons (Fsp3) is 0.120. The zero-order valence-corrected chi connectivity index (χ0v) is 16.4. The van der Waals surface area contributed by atoms with Crippen LogP contribution in [-0.4, -0.2) is 21.3 Å². The summed E-state index contributed by atoms with van der Waals surface area (Å²) in [5.74, 6) is 2.54. The van der Waals surface area contributed by atoms with Crippen LogP contribution in [0.25, 0.3) is 24.3 Å². The lowest BCUT2D eigenvalue weighted by Crippen LogP contribution is -1.88. The van der Waals surface area contributed by atoms with E-state index in [4.69, 9.17) is 14.2 Å². The first kappa shape index (κ1) is 19.3. The Balaban J connectivity index is 1.75. The summed E-state index contributed by atoms with van der Waals surface area (Å²) in [4.78, 5) is 0. The van der Waals surface area contributed by atoms with Crippen LogP contribution in [0.4, 0.5) is 0 Å². The summed E-state index contributed by atoms with van der Waals surface area (Å²) in [7, 11) is 5.03. The molecule has 0 spiro atoms. The van der Waals surface area contributed by atoms with Gasteiger partial charge in [0, 0.05) is 5.56 Å². The minimum Gasteiger partial charge on any atom is -0.497 e. The molecule has 3 nitrogen and oxygen atoms in total. The lowest BCUT2D eigenvalue weighted by molar-refractivity contribution is 0.414. The molecule has 0 aliphatic rings. The Kier molecular flexibility index (Phi) is 6.53. The van der Waals surface area contributed by atoms with Gasteiger partial charge in [0.1, 0.15) is 17.2 Å². The fourth-order valence-electron chi connectivity index (χ4n) is 2.78. The summed E-state index contributed by atoms with van der Waals surface area (Å²) >= 11 is 0. The first-order valence-electron chi connectivity index (χ1n) is 9.04. The molecular weight excluding hydrogens is 348 g/mol. The third-order valence-electron chi connectivity index (χ3n) is 4.41. The van der Waals surface area contributed by atoms with E-state index in [0.717, 1.165) is 39.5 Å². The van der Waals surface area contributed by atoms with Gasteiger partial charge in [-0.2, -0.15) is 0 Å². The van der Waals surface area contributed by atoms with Gasteiger partial charge in [0.05, 0.1) is 21.3 Å². The Morgan fingerprint density at radius 2 is 0.964 bits per heavy atom. The van der Waals surface area contributed by atoms with Crippen molar-refractivity contribution in [3.05, 3.63) is 89.0 Å². The van der Waals surface area contributed by atoms with E-state index in [1.807, 2.05) is 54.6 Å². The van der Waals surface area contributed by atoms with E-state index in [1.54, 1.807) is 21.3 Å². The zero-order chi connectivity index (χ0) is 19.8. The summed E-state index contributed by atoms with van der Waals surface area (Å²) < 4.78 is 16.0. The molecule has 0 bridgehead atoms. The van der Waals surface area contributed by atoms with Gasteiger partial charge in [0.25, 0.3) is 0 Å². The zero-order valence-electron chi connectivity index (χ0n) is 16.4. The molecule has 142 valence electrons. The van der Waals surface area contributed by atoms with Crippen LogP contribution in [0.15, 0.2) is 66.7 Å². The maximum atomic E-state index is 5.57. The fourth-order valence-corrected chi connectivity index (χ4v) is 2.78. The van der Waals surface area contributed by atoms with Gasteiger partial charge in [-0.05, 0) is 47.0 Å². The molecule has 0 N–H and O–H groups in total. The monoisotopic (exact) mass is 372 g/mol. The summed E-state index contributed by atoms with van der Waals surface area (Å²) in [6, 6.07) is 22.1. The van der Waals surface area contributed by atoms with Crippen LogP contribution in [0.5, 0.6) is 17.2 Å². The van der Waals surface area contributed by atoms with Crippen molar-refractivity contribution >= 4 is 24.3 Å². The number of benzene rings is 3. The van der Waals surface area contributed by atoms with Gasteiger partial charge in [-0.15, -0.1) is 0 Å². The van der Waals surface area contributed by atoms with E-state index in [-0.39, 0.29) is 0 Å². The second-order valence-corrected chi connectivity index (χ2v) is 6.21. The number of hydrogen-bond donors (Lipinski definition) is 0. The molecule has 3 aromatic rings. The molecule has 28 heavy (non-hydrogen) atoms. The smallest absolute Gasteiger partial charge is 0.126 e. The van der Waals surface area contributed by atoms with Crippen LogP contribution in [0.1, 0.15) is 22.3 Å². The lowest BCUT2D eigenvalue weighted by atomic mass is 10.1. The van der Waals surface area contributed by atoms with E-state index in [0.29, 0.717) is 0 Å². The number of rotatable bonds is 7. The molecule has 0 heterocycles. The Morgan fingerprint density at radius 3 is 1.46 bits per heavy atom. The van der Waals surface area contributed by atoms with Crippen molar-refractivity contribution in [2.75, 3.05) is 21.3 Å². The highest BCUT2D eigenvalue weighted by Crippen LogP contribution is 2.24. The number of methoxy groups -OCH3 is 3. The molecule has 3 rings (SSSR count). The summed E-state index contributed by atoms with van der Waals surface area (Å²) in [5, 5.41) is 0. The Hall–Kier alpha value is -3.46. The van der Waals surface area contributed by atoms with E-state index < -0.39 is 0 Å². The van der Waals surface area contributed by atoms with Gasteiger partial charge in [-0.3, -0.25) is 0 Å². The first-order valence-corrected chi connectivity index (χ1v) is 9.04. The number of ether oxygens (including phenoxy) is 3. The molecule has 0 saturated heterocycles. The quantitative estimate of drug-likeness (QED) is 0.472. The van der Waals surface area contributed by atoms with Crippen molar-refractivity contribution < 1.29 is 14.2 Å². The van der Waals surface area contributed by atoms with E-state index >= 15 is 0 Å². The van der Waals surface area contributed by atoms with Crippen LogP contribution in [0.2, 0.25) is 0 Å². The maximum Gasteiger partial charge on any atom is 0.126 e. The minimum atomic E-state index is 0.835. The molecular formula is C25H24O3. The lowest BCUT2D eigenvalue weighted by Gasteiger charge is -2.06. The van der Waals surface area contributed by atoms with Crippen LogP contribution in [0, 0.1) is 0 Å². The van der Waals surface area contributed by atoms with E-state index in [1.165, 1.54) is 0 Å². The first-order chi connectivity index (χ1) is 13.7. The molecule has 0 unspecified atom stereocenters. The predicted octanol–water partition coefficient (Wildman–Crippen LogP) is 6.05. The second-order valence-electron chi connectivity index (χ2n) is 6.21. The van der Waals surface area contributed by atoms with Gasteiger partial charge >= 0.3 is 0 Å². The van der Waals surface area contributed by atoms with Crippen LogP contribution >= 0.6 is 0 Å². The van der Waals surface area contributed by atoms with Crippen molar-refractivity contribution in [1.29, 1.82) is 0 Å². The SMILES string of the molecule is COc1ccc(C=Cc2ccc(C=Cc3ccc(OC)cc3)c(OC)c2)cc1. The molecule has 0 amide bonds. The number of hydrogen-bond acceptors (Lipinski definition) is 3. The van der Waals surface area contributed by atoms with Crippen molar-refractivity contribution in [3.8, 4) is 17.2 Å². The van der Waals surface area contributed by atoms with Gasteiger partial charge in [-0.1, -0.05) is 60.7 Å². The summed E-state index contributed by atoms with van der Waals surface area (Å²) in [6.07, 6.45) is 8.25. The predicted molar refractivity (Wildman–Crippen MR) is 117 cm³/mol. The Morgan fingerprint density at radius 1 is 0.500 bits per heavy atom. The summed E-state index contributed by atoms with van der Waals surface area (Å²) in [5.41, 5.74) is 4.32. The molecule has 0 fully saturated rings. The Bertz CT molecular complexity index is 952. The largest absolute Gasteiger partial charge is 0.497 e. The molecule has 0 radical (unpaired) electrons. The Labute approximate surface area is 166 Å². The summed E-state index contributed by atoms with van der Waals surface area (Å²) in [6.45, 7) is 0. The van der Waals surface area contributed by atoms with E-state index in [2.05, 4.69) is 36.4 Å². The third-order valence-corrected chi connectivity index (χ3v) is 4.41. The molecule has 0 saturated carbocycles. The molecule has 0 aliphatic carbocycles. The van der Waals surface area contributed by atoms with Gasteiger partial charge in [-0.25, -0.2) is 0 Å². The highest BCUT2D eigenvalue weighted by atomic mass is 16.5. The van der Waals surface area contributed by atoms with Crippen LogP contribution in [0.3, 0.4) is 0 Å². The topological polar surface area (TPSA) is 27.7 Å². The molecule has 3 heteroatoms. The molecule has 0 atom stereocenters. The van der Waals surface area contributed by atoms with Gasteiger partial charge < -0.3 is 14.2 Å². The molecule has 3 aromatic carbocycles. The van der Waals surface area contributed by atoms with Gasteiger partial charge in [0.2, 0.25) is 0 Å².